The van der Waals surface area contributed by atoms with Crippen molar-refractivity contribution in [3.05, 3.63) is 24.0 Å². The number of aliphatic hydroxyl groups is 1. The van der Waals surface area contributed by atoms with E-state index in [1.165, 1.54) is 0 Å². The molecule has 0 radical (unpaired) electrons. The van der Waals surface area contributed by atoms with Crippen molar-refractivity contribution in [2.24, 2.45) is 0 Å². The molecule has 0 spiro atoms. The van der Waals surface area contributed by atoms with Crippen LogP contribution in [-0.4, -0.2) is 38.8 Å². The number of imidazole rings is 1. The molecule has 0 aliphatic rings. The first-order chi connectivity index (χ1) is 9.04. The Labute approximate surface area is 110 Å². The van der Waals surface area contributed by atoms with Crippen LogP contribution < -0.4 is 5.32 Å². The minimum Gasteiger partial charge on any atom is -0.481 e. The van der Waals surface area contributed by atoms with Gasteiger partial charge >= 0.3 is 5.97 Å². The van der Waals surface area contributed by atoms with E-state index in [1.54, 1.807) is 0 Å². The average Bonchev–Trinajstić information content (AvgIpc) is 2.73. The highest BCUT2D eigenvalue weighted by Crippen LogP contribution is 2.17. The lowest BCUT2D eigenvalue weighted by Gasteiger charge is -2.11. The lowest BCUT2D eigenvalue weighted by atomic mass is 10.2. The number of aliphatic carboxylic acids is 1. The SMILES string of the molecule is Cc1nc2ccc(NCC(O)CCC(=O)O)cc2[nH]1. The van der Waals surface area contributed by atoms with E-state index < -0.39 is 12.1 Å². The molecule has 0 aliphatic heterocycles. The first-order valence-corrected chi connectivity index (χ1v) is 6.14. The number of fused-ring (bicyclic) bond motifs is 1. The summed E-state index contributed by atoms with van der Waals surface area (Å²) in [6.45, 7) is 2.22. The minimum absolute atomic E-state index is 0.0262. The number of aromatic amines is 1. The number of nitrogens with zero attached hydrogens (tertiary/aromatic N) is 1. The van der Waals surface area contributed by atoms with Gasteiger partial charge in [0.25, 0.3) is 0 Å². The molecule has 0 aliphatic carbocycles. The van der Waals surface area contributed by atoms with Gasteiger partial charge in [0.05, 0.1) is 17.1 Å². The standard InChI is InChI=1S/C13H17N3O3/c1-8-15-11-4-2-9(6-12(11)16-8)14-7-10(17)3-5-13(18)19/h2,4,6,10,14,17H,3,5,7H2,1H3,(H,15,16)(H,18,19). The van der Waals surface area contributed by atoms with Gasteiger partial charge in [0.15, 0.2) is 0 Å². The zero-order valence-electron chi connectivity index (χ0n) is 10.7. The smallest absolute Gasteiger partial charge is 0.303 e. The Morgan fingerprint density at radius 1 is 1.53 bits per heavy atom. The second kappa shape index (κ2) is 5.71. The summed E-state index contributed by atoms with van der Waals surface area (Å²) in [6, 6.07) is 5.69. The summed E-state index contributed by atoms with van der Waals surface area (Å²) >= 11 is 0. The molecule has 2 aromatic rings. The van der Waals surface area contributed by atoms with E-state index in [9.17, 15) is 9.90 Å². The van der Waals surface area contributed by atoms with Crippen LogP contribution in [0.1, 0.15) is 18.7 Å². The summed E-state index contributed by atoms with van der Waals surface area (Å²) in [5, 5.41) is 21.2. The van der Waals surface area contributed by atoms with Crippen molar-refractivity contribution in [2.75, 3.05) is 11.9 Å². The van der Waals surface area contributed by atoms with Crippen molar-refractivity contribution in [1.29, 1.82) is 0 Å². The van der Waals surface area contributed by atoms with Gasteiger partial charge in [-0.1, -0.05) is 0 Å². The molecule has 0 bridgehead atoms. The number of H-pyrrole nitrogens is 1. The molecule has 6 nitrogen and oxygen atoms in total. The lowest BCUT2D eigenvalue weighted by Crippen LogP contribution is -2.20. The number of carboxylic acids is 1. The van der Waals surface area contributed by atoms with Crippen LogP contribution in [0, 0.1) is 6.92 Å². The maximum Gasteiger partial charge on any atom is 0.303 e. The largest absolute Gasteiger partial charge is 0.481 e. The summed E-state index contributed by atoms with van der Waals surface area (Å²) in [7, 11) is 0. The highest BCUT2D eigenvalue weighted by Gasteiger charge is 2.07. The number of anilines is 1. The van der Waals surface area contributed by atoms with Gasteiger partial charge < -0.3 is 20.5 Å². The van der Waals surface area contributed by atoms with E-state index in [0.717, 1.165) is 22.5 Å². The normalized spacial score (nSPS) is 12.5. The number of rotatable bonds is 6. The maximum absolute atomic E-state index is 10.4. The molecule has 0 saturated carbocycles. The third-order valence-electron chi connectivity index (χ3n) is 2.83. The Bertz CT molecular complexity index is 580. The van der Waals surface area contributed by atoms with Crippen LogP contribution in [-0.2, 0) is 4.79 Å². The van der Waals surface area contributed by atoms with Crippen molar-refractivity contribution in [2.45, 2.75) is 25.9 Å². The van der Waals surface area contributed by atoms with E-state index >= 15 is 0 Å². The number of benzene rings is 1. The molecular weight excluding hydrogens is 246 g/mol. The van der Waals surface area contributed by atoms with E-state index in [2.05, 4.69) is 15.3 Å². The number of hydrogen-bond acceptors (Lipinski definition) is 4. The highest BCUT2D eigenvalue weighted by molar-refractivity contribution is 5.79. The lowest BCUT2D eigenvalue weighted by molar-refractivity contribution is -0.137. The summed E-state index contributed by atoms with van der Waals surface area (Å²) in [4.78, 5) is 17.8. The molecular formula is C13H17N3O3. The fourth-order valence-electron chi connectivity index (χ4n) is 1.87. The van der Waals surface area contributed by atoms with Crippen LogP contribution >= 0.6 is 0 Å². The van der Waals surface area contributed by atoms with Crippen LogP contribution in [0.3, 0.4) is 0 Å². The van der Waals surface area contributed by atoms with Crippen LogP contribution in [0.2, 0.25) is 0 Å². The van der Waals surface area contributed by atoms with Gasteiger partial charge in [0.1, 0.15) is 5.82 Å². The number of hydrogen-bond donors (Lipinski definition) is 4. The molecule has 1 heterocycles. The second-order valence-electron chi connectivity index (χ2n) is 4.52. The quantitative estimate of drug-likeness (QED) is 0.633. The number of aromatic nitrogens is 2. The third-order valence-corrected chi connectivity index (χ3v) is 2.83. The summed E-state index contributed by atoms with van der Waals surface area (Å²) in [6.07, 6.45) is -0.453. The van der Waals surface area contributed by atoms with E-state index in [-0.39, 0.29) is 12.8 Å². The Morgan fingerprint density at radius 3 is 3.05 bits per heavy atom. The number of carbonyl (C=O) groups is 1. The molecule has 0 amide bonds. The number of aryl methyl sites for hydroxylation is 1. The Balaban J connectivity index is 1.92. The third kappa shape index (κ3) is 3.69. The van der Waals surface area contributed by atoms with Gasteiger partial charge in [-0.15, -0.1) is 0 Å². The Hall–Kier alpha value is -2.08. The molecule has 1 atom stereocenters. The fraction of sp³-hybridized carbons (Fsp3) is 0.385. The van der Waals surface area contributed by atoms with Crippen molar-refractivity contribution < 1.29 is 15.0 Å². The molecule has 1 unspecified atom stereocenters. The molecule has 0 fully saturated rings. The van der Waals surface area contributed by atoms with Crippen molar-refractivity contribution in [3.63, 3.8) is 0 Å². The van der Waals surface area contributed by atoms with Crippen LogP contribution in [0.5, 0.6) is 0 Å². The van der Waals surface area contributed by atoms with Gasteiger partial charge in [-0.2, -0.15) is 0 Å². The van der Waals surface area contributed by atoms with Crippen LogP contribution in [0.15, 0.2) is 18.2 Å². The Kier molecular flexibility index (Phi) is 4.01. The summed E-state index contributed by atoms with van der Waals surface area (Å²) < 4.78 is 0. The average molecular weight is 263 g/mol. The van der Waals surface area contributed by atoms with E-state index in [1.807, 2.05) is 25.1 Å². The summed E-state index contributed by atoms with van der Waals surface area (Å²) in [5.74, 6) is -0.0398. The molecule has 4 N–H and O–H groups in total. The Morgan fingerprint density at radius 2 is 2.32 bits per heavy atom. The minimum atomic E-state index is -0.895. The van der Waals surface area contributed by atoms with Gasteiger partial charge in [-0.3, -0.25) is 4.79 Å². The first kappa shape index (κ1) is 13.4. The highest BCUT2D eigenvalue weighted by atomic mass is 16.4. The van der Waals surface area contributed by atoms with Crippen LogP contribution in [0.4, 0.5) is 5.69 Å². The zero-order valence-corrected chi connectivity index (χ0v) is 10.7. The molecule has 19 heavy (non-hydrogen) atoms. The monoisotopic (exact) mass is 263 g/mol. The zero-order chi connectivity index (χ0) is 13.8. The van der Waals surface area contributed by atoms with Crippen molar-refractivity contribution in [1.82, 2.24) is 9.97 Å². The predicted octanol–water partition coefficient (Wildman–Crippen LogP) is 1.51. The number of nitrogens with one attached hydrogen (secondary N) is 2. The molecule has 6 heteroatoms. The fourth-order valence-corrected chi connectivity index (χ4v) is 1.87. The molecule has 0 saturated heterocycles. The van der Waals surface area contributed by atoms with Crippen molar-refractivity contribution in [3.8, 4) is 0 Å². The maximum atomic E-state index is 10.4. The molecule has 102 valence electrons. The first-order valence-electron chi connectivity index (χ1n) is 6.14. The van der Waals surface area contributed by atoms with Gasteiger partial charge in [0, 0.05) is 18.7 Å². The molecule has 1 aromatic heterocycles. The van der Waals surface area contributed by atoms with E-state index in [0.29, 0.717) is 6.54 Å². The van der Waals surface area contributed by atoms with Crippen LogP contribution in [0.25, 0.3) is 11.0 Å². The molecule has 1 aromatic carbocycles. The second-order valence-corrected chi connectivity index (χ2v) is 4.52. The van der Waals surface area contributed by atoms with E-state index in [4.69, 9.17) is 5.11 Å². The van der Waals surface area contributed by atoms with Gasteiger partial charge in [0.2, 0.25) is 0 Å². The topological polar surface area (TPSA) is 98.2 Å². The van der Waals surface area contributed by atoms with Crippen molar-refractivity contribution >= 4 is 22.7 Å². The predicted molar refractivity (Wildman–Crippen MR) is 72.2 cm³/mol. The summed E-state index contributed by atoms with van der Waals surface area (Å²) in [5.41, 5.74) is 2.70. The number of carboxylic acid groups (broad SMARTS) is 1. The van der Waals surface area contributed by atoms with Gasteiger partial charge in [-0.25, -0.2) is 4.98 Å². The van der Waals surface area contributed by atoms with Gasteiger partial charge in [-0.05, 0) is 31.5 Å². The number of aliphatic hydroxyl groups excluding tert-OH is 1. The molecule has 2 rings (SSSR count).